The van der Waals surface area contributed by atoms with Crippen LogP contribution in [0.5, 0.6) is 0 Å². The van der Waals surface area contributed by atoms with Crippen LogP contribution in [0.25, 0.3) is 10.6 Å². The van der Waals surface area contributed by atoms with Crippen LogP contribution in [0, 0.1) is 18.3 Å². The highest BCUT2D eigenvalue weighted by atomic mass is 35.5. The van der Waals surface area contributed by atoms with Crippen LogP contribution in [-0.2, 0) is 0 Å². The zero-order valence-corrected chi connectivity index (χ0v) is 9.43. The van der Waals surface area contributed by atoms with Crippen molar-refractivity contribution in [3.63, 3.8) is 0 Å². The molecule has 0 aromatic carbocycles. The monoisotopic (exact) mass is 235 g/mol. The molecule has 0 fully saturated rings. The fourth-order valence-corrected chi connectivity index (χ4v) is 2.18. The number of nitrogens with zero attached hydrogens (tertiary/aromatic N) is 3. The van der Waals surface area contributed by atoms with Crippen molar-refractivity contribution in [2.75, 3.05) is 0 Å². The van der Waals surface area contributed by atoms with Crippen molar-refractivity contribution < 1.29 is 0 Å². The molecule has 0 amide bonds. The van der Waals surface area contributed by atoms with Gasteiger partial charge in [0.25, 0.3) is 0 Å². The van der Waals surface area contributed by atoms with Gasteiger partial charge in [-0.2, -0.15) is 5.26 Å². The zero-order chi connectivity index (χ0) is 10.8. The van der Waals surface area contributed by atoms with Gasteiger partial charge in [-0.15, -0.1) is 11.3 Å². The minimum Gasteiger partial charge on any atom is -0.223 e. The molecule has 0 atom stereocenters. The van der Waals surface area contributed by atoms with Gasteiger partial charge in [-0.25, -0.2) is 9.97 Å². The highest BCUT2D eigenvalue weighted by Gasteiger charge is 2.06. The number of hydrogen-bond donors (Lipinski definition) is 0. The lowest BCUT2D eigenvalue weighted by Gasteiger charge is -1.98. The van der Waals surface area contributed by atoms with Gasteiger partial charge >= 0.3 is 0 Å². The van der Waals surface area contributed by atoms with E-state index in [1.54, 1.807) is 6.07 Å². The third kappa shape index (κ3) is 2.14. The first-order valence-corrected chi connectivity index (χ1v) is 5.40. The van der Waals surface area contributed by atoms with Gasteiger partial charge in [0.2, 0.25) is 5.28 Å². The molecule has 2 aromatic heterocycles. The molecule has 0 aliphatic heterocycles. The highest BCUT2D eigenvalue weighted by Crippen LogP contribution is 2.27. The molecule has 2 aromatic rings. The first kappa shape index (κ1) is 10.1. The Balaban J connectivity index is 2.50. The molecule has 0 saturated carbocycles. The Kier molecular flexibility index (Phi) is 2.67. The minimum absolute atomic E-state index is 0.233. The molecule has 0 spiro atoms. The molecule has 0 aliphatic carbocycles. The van der Waals surface area contributed by atoms with Crippen LogP contribution in [0.4, 0.5) is 0 Å². The van der Waals surface area contributed by atoms with Crippen LogP contribution < -0.4 is 0 Å². The summed E-state index contributed by atoms with van der Waals surface area (Å²) in [6.07, 6.45) is 0. The lowest BCUT2D eigenvalue weighted by molar-refractivity contribution is 1.11. The molecule has 3 nitrogen and oxygen atoms in total. The average molecular weight is 236 g/mol. The Morgan fingerprint density at radius 3 is 2.80 bits per heavy atom. The van der Waals surface area contributed by atoms with E-state index in [-0.39, 0.29) is 5.28 Å². The first-order valence-electron chi connectivity index (χ1n) is 4.20. The third-order valence-corrected chi connectivity index (χ3v) is 2.98. The Labute approximate surface area is 96.0 Å². The number of nitriles is 1. The predicted molar refractivity (Wildman–Crippen MR) is 59.8 cm³/mol. The van der Waals surface area contributed by atoms with Crippen LogP contribution >= 0.6 is 22.9 Å². The summed E-state index contributed by atoms with van der Waals surface area (Å²) in [6.45, 7) is 1.86. The van der Waals surface area contributed by atoms with E-state index in [0.717, 1.165) is 16.3 Å². The van der Waals surface area contributed by atoms with Gasteiger partial charge in [0.1, 0.15) is 10.9 Å². The van der Waals surface area contributed by atoms with E-state index >= 15 is 0 Å². The lowest BCUT2D eigenvalue weighted by Crippen LogP contribution is -1.88. The maximum atomic E-state index is 8.71. The highest BCUT2D eigenvalue weighted by molar-refractivity contribution is 7.15. The molecule has 74 valence electrons. The van der Waals surface area contributed by atoms with E-state index < -0.39 is 0 Å². The molecule has 0 aliphatic rings. The molecule has 2 rings (SSSR count). The summed E-state index contributed by atoms with van der Waals surface area (Å²) in [4.78, 5) is 9.68. The van der Waals surface area contributed by atoms with Gasteiger partial charge in [-0.1, -0.05) is 0 Å². The van der Waals surface area contributed by atoms with E-state index in [2.05, 4.69) is 16.0 Å². The van der Waals surface area contributed by atoms with E-state index in [1.165, 1.54) is 11.3 Å². The molecule has 0 saturated heterocycles. The molecule has 15 heavy (non-hydrogen) atoms. The second kappa shape index (κ2) is 3.97. The summed E-state index contributed by atoms with van der Waals surface area (Å²) >= 11 is 7.15. The summed E-state index contributed by atoms with van der Waals surface area (Å²) in [5.41, 5.74) is 1.58. The second-order valence-corrected chi connectivity index (χ2v) is 4.36. The van der Waals surface area contributed by atoms with Crippen LogP contribution in [0.15, 0.2) is 18.2 Å². The summed E-state index contributed by atoms with van der Waals surface area (Å²) < 4.78 is 0. The molecule has 0 unspecified atom stereocenters. The topological polar surface area (TPSA) is 49.6 Å². The lowest BCUT2D eigenvalue weighted by atomic mass is 10.3. The van der Waals surface area contributed by atoms with Gasteiger partial charge in [-0.3, -0.25) is 0 Å². The van der Waals surface area contributed by atoms with Crippen molar-refractivity contribution in [2.45, 2.75) is 6.92 Å². The molecule has 0 radical (unpaired) electrons. The Morgan fingerprint density at radius 2 is 2.20 bits per heavy atom. The van der Waals surface area contributed by atoms with E-state index in [0.29, 0.717) is 4.88 Å². The third-order valence-electron chi connectivity index (χ3n) is 1.80. The van der Waals surface area contributed by atoms with Gasteiger partial charge in [0.15, 0.2) is 0 Å². The molecule has 0 bridgehead atoms. The zero-order valence-electron chi connectivity index (χ0n) is 7.86. The number of aryl methyl sites for hydroxylation is 1. The second-order valence-electron chi connectivity index (χ2n) is 2.94. The number of halogens is 1. The van der Waals surface area contributed by atoms with Gasteiger partial charge in [0, 0.05) is 5.69 Å². The first-order chi connectivity index (χ1) is 7.19. The Morgan fingerprint density at radius 1 is 1.40 bits per heavy atom. The van der Waals surface area contributed by atoms with Crippen molar-refractivity contribution in [2.24, 2.45) is 0 Å². The van der Waals surface area contributed by atoms with Crippen LogP contribution in [0.2, 0.25) is 5.28 Å². The van der Waals surface area contributed by atoms with Gasteiger partial charge in [0.05, 0.1) is 10.6 Å². The van der Waals surface area contributed by atoms with Crippen molar-refractivity contribution >= 4 is 22.9 Å². The van der Waals surface area contributed by atoms with Gasteiger partial charge in [-0.05, 0) is 36.7 Å². The quantitative estimate of drug-likeness (QED) is 0.714. The van der Waals surface area contributed by atoms with Gasteiger partial charge < -0.3 is 0 Å². The summed E-state index contributed by atoms with van der Waals surface area (Å²) in [6, 6.07) is 7.57. The van der Waals surface area contributed by atoms with Crippen LogP contribution in [-0.4, -0.2) is 9.97 Å². The van der Waals surface area contributed by atoms with E-state index in [4.69, 9.17) is 16.9 Å². The van der Waals surface area contributed by atoms with Crippen molar-refractivity contribution in [3.8, 4) is 16.6 Å². The smallest absolute Gasteiger partial charge is 0.223 e. The fourth-order valence-electron chi connectivity index (χ4n) is 1.19. The van der Waals surface area contributed by atoms with E-state index in [9.17, 15) is 0 Å². The maximum Gasteiger partial charge on any atom is 0.223 e. The standard InChI is InChI=1S/C10H6ClN3S/c1-6-4-8(14-10(11)13-6)9-3-2-7(5-12)15-9/h2-4H,1H3. The summed E-state index contributed by atoms with van der Waals surface area (Å²) in [5.74, 6) is 0. The molecule has 5 heteroatoms. The normalized spacial score (nSPS) is 9.93. The summed E-state index contributed by atoms with van der Waals surface area (Å²) in [5, 5.41) is 8.94. The average Bonchev–Trinajstić information content (AvgIpc) is 2.64. The molecular weight excluding hydrogens is 230 g/mol. The SMILES string of the molecule is Cc1cc(-c2ccc(C#N)s2)nc(Cl)n1. The number of aromatic nitrogens is 2. The number of rotatable bonds is 1. The number of thiophene rings is 1. The predicted octanol–water partition coefficient (Wildman–Crippen LogP) is 3.04. The largest absolute Gasteiger partial charge is 0.223 e. The Bertz CT molecular complexity index is 522. The maximum absolute atomic E-state index is 8.71. The fraction of sp³-hybridized carbons (Fsp3) is 0.100. The Hall–Kier alpha value is -1.44. The van der Waals surface area contributed by atoms with E-state index in [1.807, 2.05) is 19.1 Å². The van der Waals surface area contributed by atoms with Crippen LogP contribution in [0.1, 0.15) is 10.6 Å². The van der Waals surface area contributed by atoms with Crippen molar-refractivity contribution in [1.82, 2.24) is 9.97 Å². The van der Waals surface area contributed by atoms with Crippen LogP contribution in [0.3, 0.4) is 0 Å². The molecule has 0 N–H and O–H groups in total. The summed E-state index contributed by atoms with van der Waals surface area (Å²) in [7, 11) is 0. The van der Waals surface area contributed by atoms with Crippen molar-refractivity contribution in [3.05, 3.63) is 34.1 Å². The van der Waals surface area contributed by atoms with Crippen molar-refractivity contribution in [1.29, 1.82) is 5.26 Å². The molecule has 2 heterocycles. The minimum atomic E-state index is 0.233. The molecular formula is C10H6ClN3S. The number of hydrogen-bond acceptors (Lipinski definition) is 4.